The van der Waals surface area contributed by atoms with E-state index >= 15 is 0 Å². The lowest BCUT2D eigenvalue weighted by molar-refractivity contribution is -0.384. The molecule has 0 fully saturated rings. The molecule has 0 aliphatic carbocycles. The van der Waals surface area contributed by atoms with E-state index in [4.69, 9.17) is 11.6 Å². The molecule has 0 unspecified atom stereocenters. The monoisotopic (exact) mass is 450 g/mol. The van der Waals surface area contributed by atoms with Crippen LogP contribution in [0.4, 0.5) is 5.69 Å². The molecule has 3 aromatic rings. The maximum Gasteiger partial charge on any atom is 0.269 e. The van der Waals surface area contributed by atoms with Gasteiger partial charge < -0.3 is 5.32 Å². The fraction of sp³-hybridized carbons (Fsp3) is 0.0870. The molecule has 0 saturated carbocycles. The van der Waals surface area contributed by atoms with Gasteiger partial charge in [0.2, 0.25) is 0 Å². The van der Waals surface area contributed by atoms with E-state index in [0.29, 0.717) is 10.6 Å². The van der Waals surface area contributed by atoms with Crippen molar-refractivity contribution < 1.29 is 14.5 Å². The summed E-state index contributed by atoms with van der Waals surface area (Å²) < 4.78 is 0. The van der Waals surface area contributed by atoms with Crippen LogP contribution in [0, 0.1) is 10.1 Å². The average molecular weight is 451 g/mol. The first-order valence-corrected chi connectivity index (χ1v) is 9.98. The number of non-ortho nitro benzene ring substituents is 1. The van der Waals surface area contributed by atoms with E-state index in [2.05, 4.69) is 15.8 Å². The van der Waals surface area contributed by atoms with Crippen LogP contribution in [0.2, 0.25) is 5.02 Å². The fourth-order valence-electron chi connectivity index (χ4n) is 2.86. The molecule has 0 radical (unpaired) electrons. The largest absolute Gasteiger partial charge is 0.340 e. The van der Waals surface area contributed by atoms with Crippen LogP contribution in [-0.4, -0.2) is 29.0 Å². The molecule has 1 atom stereocenters. The number of rotatable bonds is 8. The van der Waals surface area contributed by atoms with Gasteiger partial charge in [0.1, 0.15) is 6.04 Å². The van der Waals surface area contributed by atoms with Crippen LogP contribution in [0.1, 0.15) is 21.5 Å². The molecule has 3 rings (SSSR count). The van der Waals surface area contributed by atoms with Crippen LogP contribution in [0.5, 0.6) is 0 Å². The lowest BCUT2D eigenvalue weighted by Gasteiger charge is -2.17. The number of hydrazone groups is 1. The lowest BCUT2D eigenvalue weighted by atomic mass is 10.0. The van der Waals surface area contributed by atoms with E-state index in [1.165, 1.54) is 30.5 Å². The molecule has 8 nitrogen and oxygen atoms in total. The van der Waals surface area contributed by atoms with Gasteiger partial charge in [-0.05, 0) is 23.8 Å². The maximum absolute atomic E-state index is 12.8. The van der Waals surface area contributed by atoms with Crippen molar-refractivity contribution in [1.82, 2.24) is 10.7 Å². The smallest absolute Gasteiger partial charge is 0.269 e. The highest BCUT2D eigenvalue weighted by Crippen LogP contribution is 2.13. The highest BCUT2D eigenvalue weighted by atomic mass is 35.5. The molecule has 162 valence electrons. The van der Waals surface area contributed by atoms with Gasteiger partial charge in [0.25, 0.3) is 17.5 Å². The Morgan fingerprint density at radius 3 is 2.31 bits per heavy atom. The number of hydrogen-bond acceptors (Lipinski definition) is 5. The van der Waals surface area contributed by atoms with Crippen LogP contribution >= 0.6 is 11.6 Å². The zero-order valence-corrected chi connectivity index (χ0v) is 17.5. The number of halogens is 1. The number of nitro groups is 1. The molecule has 0 aromatic heterocycles. The summed E-state index contributed by atoms with van der Waals surface area (Å²) >= 11 is 6.07. The summed E-state index contributed by atoms with van der Waals surface area (Å²) in [6, 6.07) is 20.4. The number of hydrogen-bond donors (Lipinski definition) is 2. The van der Waals surface area contributed by atoms with Crippen molar-refractivity contribution in [2.45, 2.75) is 12.5 Å². The quantitative estimate of drug-likeness (QED) is 0.309. The van der Waals surface area contributed by atoms with Gasteiger partial charge in [0.15, 0.2) is 0 Å². The second-order valence-corrected chi connectivity index (χ2v) is 7.18. The number of carbonyl (C=O) groups excluding carboxylic acids is 2. The van der Waals surface area contributed by atoms with Crippen molar-refractivity contribution in [2.75, 3.05) is 0 Å². The van der Waals surface area contributed by atoms with Gasteiger partial charge in [-0.2, -0.15) is 5.10 Å². The topological polar surface area (TPSA) is 114 Å². The third kappa shape index (κ3) is 6.23. The highest BCUT2D eigenvalue weighted by Gasteiger charge is 2.22. The Balaban J connectivity index is 1.73. The molecule has 0 heterocycles. The minimum atomic E-state index is -0.927. The van der Waals surface area contributed by atoms with Gasteiger partial charge in [-0.15, -0.1) is 0 Å². The number of nitrogens with zero attached hydrogens (tertiary/aromatic N) is 2. The molecule has 2 N–H and O–H groups in total. The molecular formula is C23H19ClN4O4. The maximum atomic E-state index is 12.8. The van der Waals surface area contributed by atoms with E-state index in [9.17, 15) is 19.7 Å². The molecule has 0 aliphatic rings. The Hall–Kier alpha value is -4.04. The van der Waals surface area contributed by atoms with E-state index in [0.717, 1.165) is 5.56 Å². The van der Waals surface area contributed by atoms with Crippen LogP contribution in [0.15, 0.2) is 84.0 Å². The molecule has 2 amide bonds. The van der Waals surface area contributed by atoms with E-state index in [1.54, 1.807) is 24.3 Å². The third-order valence-electron chi connectivity index (χ3n) is 4.53. The van der Waals surface area contributed by atoms with E-state index in [1.807, 2.05) is 30.3 Å². The number of carbonyl (C=O) groups is 2. The minimum absolute atomic E-state index is 0.131. The zero-order chi connectivity index (χ0) is 22.9. The van der Waals surface area contributed by atoms with E-state index in [-0.39, 0.29) is 17.7 Å². The Bertz CT molecular complexity index is 1130. The number of nitro benzene ring substituents is 1. The van der Waals surface area contributed by atoms with Gasteiger partial charge in [-0.3, -0.25) is 19.7 Å². The van der Waals surface area contributed by atoms with Crippen LogP contribution in [0.25, 0.3) is 0 Å². The van der Waals surface area contributed by atoms with Gasteiger partial charge in [0, 0.05) is 34.7 Å². The molecule has 9 heteroatoms. The Morgan fingerprint density at radius 2 is 1.66 bits per heavy atom. The first-order chi connectivity index (χ1) is 15.4. The zero-order valence-electron chi connectivity index (χ0n) is 16.8. The first kappa shape index (κ1) is 22.6. The number of benzene rings is 3. The molecule has 32 heavy (non-hydrogen) atoms. The third-order valence-corrected chi connectivity index (χ3v) is 4.87. The molecule has 0 saturated heterocycles. The SMILES string of the molecule is O=C(N[C@@H](Cc1ccccc1)C(=O)N/N=C\c1ccccc1Cl)c1ccc([N+](=O)[O-])cc1. The highest BCUT2D eigenvalue weighted by molar-refractivity contribution is 6.33. The van der Waals surface area contributed by atoms with Crippen molar-refractivity contribution in [3.8, 4) is 0 Å². The summed E-state index contributed by atoms with van der Waals surface area (Å²) in [5.74, 6) is -1.06. The molecule has 0 bridgehead atoms. The second kappa shape index (κ2) is 10.8. The van der Waals surface area contributed by atoms with Gasteiger partial charge in [0.05, 0.1) is 11.1 Å². The molecule has 0 aliphatic heterocycles. The van der Waals surface area contributed by atoms with Crippen molar-refractivity contribution in [3.63, 3.8) is 0 Å². The van der Waals surface area contributed by atoms with Crippen molar-refractivity contribution >= 4 is 35.3 Å². The summed E-state index contributed by atoms with van der Waals surface area (Å²) in [5.41, 5.74) is 3.96. The van der Waals surface area contributed by atoms with Gasteiger partial charge in [-0.1, -0.05) is 60.1 Å². The number of nitrogens with one attached hydrogen (secondary N) is 2. The van der Waals surface area contributed by atoms with Crippen molar-refractivity contribution in [1.29, 1.82) is 0 Å². The summed E-state index contributed by atoms with van der Waals surface area (Å²) in [7, 11) is 0. The van der Waals surface area contributed by atoms with Crippen LogP contribution in [-0.2, 0) is 11.2 Å². The summed E-state index contributed by atoms with van der Waals surface area (Å²) in [5, 5.41) is 17.9. The normalized spacial score (nSPS) is 11.7. The summed E-state index contributed by atoms with van der Waals surface area (Å²) in [4.78, 5) is 35.7. The first-order valence-electron chi connectivity index (χ1n) is 9.61. The second-order valence-electron chi connectivity index (χ2n) is 6.78. The lowest BCUT2D eigenvalue weighted by Crippen LogP contribution is -2.46. The van der Waals surface area contributed by atoms with E-state index < -0.39 is 22.8 Å². The standard InChI is InChI=1S/C23H19ClN4O4/c24-20-9-5-4-8-18(20)15-25-27-23(30)21(14-16-6-2-1-3-7-16)26-22(29)17-10-12-19(13-11-17)28(31)32/h1-13,15,21H,14H2,(H,26,29)(H,27,30)/b25-15-/t21-/m0/s1. The van der Waals surface area contributed by atoms with Crippen LogP contribution < -0.4 is 10.7 Å². The Morgan fingerprint density at radius 1 is 1.00 bits per heavy atom. The summed E-state index contributed by atoms with van der Waals surface area (Å²) in [6.07, 6.45) is 1.64. The predicted octanol–water partition coefficient (Wildman–Crippen LogP) is 3.74. The Labute approximate surface area is 189 Å². The summed E-state index contributed by atoms with van der Waals surface area (Å²) in [6.45, 7) is 0. The molecule has 3 aromatic carbocycles. The Kier molecular flexibility index (Phi) is 7.66. The van der Waals surface area contributed by atoms with Crippen molar-refractivity contribution in [2.24, 2.45) is 5.10 Å². The van der Waals surface area contributed by atoms with Crippen LogP contribution in [0.3, 0.4) is 0 Å². The number of amides is 2. The molecule has 0 spiro atoms. The average Bonchev–Trinajstić information content (AvgIpc) is 2.80. The van der Waals surface area contributed by atoms with Crippen molar-refractivity contribution in [3.05, 3.63) is 111 Å². The predicted molar refractivity (Wildman–Crippen MR) is 122 cm³/mol. The fourth-order valence-corrected chi connectivity index (χ4v) is 3.04. The minimum Gasteiger partial charge on any atom is -0.340 e. The van der Waals surface area contributed by atoms with Gasteiger partial charge in [-0.25, -0.2) is 5.43 Å². The van der Waals surface area contributed by atoms with Gasteiger partial charge >= 0.3 is 0 Å². The molecular weight excluding hydrogens is 432 g/mol.